The Morgan fingerprint density at radius 3 is 3.05 bits per heavy atom. The molecule has 0 bridgehead atoms. The number of fused-ring (bicyclic) bond motifs is 1. The maximum absolute atomic E-state index is 12.2. The van der Waals surface area contributed by atoms with Crippen molar-refractivity contribution in [3.05, 3.63) is 51.0 Å². The Morgan fingerprint density at radius 2 is 2.29 bits per heavy atom. The molecule has 7 heteroatoms. The first-order valence-corrected chi connectivity index (χ1v) is 7.67. The number of rotatable bonds is 5. The lowest BCUT2D eigenvalue weighted by molar-refractivity contribution is 0.0761. The second-order valence-electron chi connectivity index (χ2n) is 4.64. The first-order chi connectivity index (χ1) is 10.2. The van der Waals surface area contributed by atoms with Gasteiger partial charge in [0.2, 0.25) is 0 Å². The third-order valence-electron chi connectivity index (χ3n) is 3.13. The van der Waals surface area contributed by atoms with Crippen molar-refractivity contribution >= 4 is 17.0 Å². The van der Waals surface area contributed by atoms with Gasteiger partial charge >= 0.3 is 5.69 Å². The highest BCUT2D eigenvalue weighted by Crippen LogP contribution is 2.21. The van der Waals surface area contributed by atoms with Gasteiger partial charge in [0, 0.05) is 18.2 Å². The molecule has 110 valence electrons. The molecule has 0 aliphatic heterocycles. The normalized spacial score (nSPS) is 12.9. The molecule has 21 heavy (non-hydrogen) atoms. The van der Waals surface area contributed by atoms with Crippen LogP contribution in [0.25, 0.3) is 5.65 Å². The zero-order valence-electron chi connectivity index (χ0n) is 11.9. The molecule has 0 amide bonds. The van der Waals surface area contributed by atoms with Crippen LogP contribution in [0.2, 0.25) is 0 Å². The average molecular weight is 304 g/mol. The molecule has 3 rings (SSSR count). The standard InChI is InChI=1S/C14H16N4O2S/c1-3-20-10(2)13-15-11(9-21-13)8-18-14(19)17-7-5-4-6-12(17)16-18/h4-7,9-10H,3,8H2,1-2H3. The summed E-state index contributed by atoms with van der Waals surface area (Å²) in [4.78, 5) is 16.7. The summed E-state index contributed by atoms with van der Waals surface area (Å²) in [7, 11) is 0. The van der Waals surface area contributed by atoms with Crippen molar-refractivity contribution in [2.24, 2.45) is 0 Å². The first-order valence-electron chi connectivity index (χ1n) is 6.79. The Bertz CT molecular complexity index is 805. The topological polar surface area (TPSA) is 61.4 Å². The predicted molar refractivity (Wildman–Crippen MR) is 80.7 cm³/mol. The fourth-order valence-electron chi connectivity index (χ4n) is 2.13. The van der Waals surface area contributed by atoms with Gasteiger partial charge in [-0.05, 0) is 26.0 Å². The molecule has 0 saturated carbocycles. The minimum Gasteiger partial charge on any atom is -0.372 e. The fraction of sp³-hybridized carbons (Fsp3) is 0.357. The van der Waals surface area contributed by atoms with Crippen LogP contribution in [0.4, 0.5) is 0 Å². The minimum atomic E-state index is -0.155. The van der Waals surface area contributed by atoms with Crippen LogP contribution in [0, 0.1) is 0 Å². The van der Waals surface area contributed by atoms with Gasteiger partial charge < -0.3 is 4.74 Å². The van der Waals surface area contributed by atoms with E-state index in [1.54, 1.807) is 17.5 Å². The van der Waals surface area contributed by atoms with Gasteiger partial charge in [0.1, 0.15) is 11.1 Å². The third kappa shape index (κ3) is 2.74. The summed E-state index contributed by atoms with van der Waals surface area (Å²) in [6, 6.07) is 5.48. The van der Waals surface area contributed by atoms with Crippen LogP contribution in [0.3, 0.4) is 0 Å². The monoisotopic (exact) mass is 304 g/mol. The molecule has 3 aromatic heterocycles. The van der Waals surface area contributed by atoms with E-state index in [-0.39, 0.29) is 11.8 Å². The second-order valence-corrected chi connectivity index (χ2v) is 5.53. The summed E-state index contributed by atoms with van der Waals surface area (Å²) in [6.07, 6.45) is 1.69. The highest BCUT2D eigenvalue weighted by Gasteiger charge is 2.12. The van der Waals surface area contributed by atoms with E-state index in [1.807, 2.05) is 37.4 Å². The van der Waals surface area contributed by atoms with Crippen LogP contribution in [0.1, 0.15) is 30.7 Å². The number of nitrogens with zero attached hydrogens (tertiary/aromatic N) is 4. The molecule has 0 saturated heterocycles. The zero-order chi connectivity index (χ0) is 14.8. The quantitative estimate of drug-likeness (QED) is 0.724. The minimum absolute atomic E-state index is 0.0217. The van der Waals surface area contributed by atoms with Crippen LogP contribution in [0.5, 0.6) is 0 Å². The van der Waals surface area contributed by atoms with Crippen LogP contribution >= 0.6 is 11.3 Å². The molecule has 0 aromatic carbocycles. The second kappa shape index (κ2) is 5.79. The number of pyridine rings is 1. The van der Waals surface area contributed by atoms with Crippen molar-refractivity contribution in [3.8, 4) is 0 Å². The average Bonchev–Trinajstić information content (AvgIpc) is 3.06. The van der Waals surface area contributed by atoms with Gasteiger partial charge in [-0.3, -0.25) is 4.40 Å². The summed E-state index contributed by atoms with van der Waals surface area (Å²) in [5.74, 6) is 0. The largest absolute Gasteiger partial charge is 0.372 e. The number of hydrogen-bond acceptors (Lipinski definition) is 5. The molecule has 1 unspecified atom stereocenters. The fourth-order valence-corrected chi connectivity index (χ4v) is 2.94. The van der Waals surface area contributed by atoms with E-state index in [1.165, 1.54) is 9.08 Å². The van der Waals surface area contributed by atoms with E-state index in [9.17, 15) is 4.79 Å². The lowest BCUT2D eigenvalue weighted by Crippen LogP contribution is -2.21. The van der Waals surface area contributed by atoms with Gasteiger partial charge in [0.05, 0.1) is 12.2 Å². The van der Waals surface area contributed by atoms with Gasteiger partial charge in [-0.2, -0.15) is 0 Å². The Labute approximate surface area is 125 Å². The van der Waals surface area contributed by atoms with Crippen molar-refractivity contribution in [2.45, 2.75) is 26.5 Å². The van der Waals surface area contributed by atoms with Crippen molar-refractivity contribution in [1.82, 2.24) is 19.2 Å². The molecule has 3 heterocycles. The maximum Gasteiger partial charge on any atom is 0.350 e. The first kappa shape index (κ1) is 14.0. The summed E-state index contributed by atoms with van der Waals surface area (Å²) in [5, 5.41) is 7.16. The van der Waals surface area contributed by atoms with E-state index in [0.29, 0.717) is 18.8 Å². The number of thiazole rings is 1. The van der Waals surface area contributed by atoms with Crippen molar-refractivity contribution < 1.29 is 4.74 Å². The van der Waals surface area contributed by atoms with E-state index in [4.69, 9.17) is 4.74 Å². The highest BCUT2D eigenvalue weighted by molar-refractivity contribution is 7.09. The lowest BCUT2D eigenvalue weighted by Gasteiger charge is -2.06. The number of aromatic nitrogens is 4. The van der Waals surface area contributed by atoms with Crippen molar-refractivity contribution in [1.29, 1.82) is 0 Å². The van der Waals surface area contributed by atoms with Gasteiger partial charge in [0.25, 0.3) is 0 Å². The molecule has 3 aromatic rings. The molecule has 0 aliphatic rings. The van der Waals surface area contributed by atoms with Crippen molar-refractivity contribution in [2.75, 3.05) is 6.61 Å². The van der Waals surface area contributed by atoms with Crippen LogP contribution in [-0.4, -0.2) is 25.8 Å². The van der Waals surface area contributed by atoms with E-state index < -0.39 is 0 Å². The summed E-state index contributed by atoms with van der Waals surface area (Å²) >= 11 is 1.54. The maximum atomic E-state index is 12.2. The molecule has 0 radical (unpaired) electrons. The molecule has 0 N–H and O–H groups in total. The van der Waals surface area contributed by atoms with Gasteiger partial charge in [0.15, 0.2) is 5.65 Å². The Hall–Kier alpha value is -1.99. The van der Waals surface area contributed by atoms with E-state index in [2.05, 4.69) is 10.1 Å². The molecule has 0 fully saturated rings. The Morgan fingerprint density at radius 1 is 1.43 bits per heavy atom. The number of ether oxygens (including phenoxy) is 1. The zero-order valence-corrected chi connectivity index (χ0v) is 12.7. The molecule has 6 nitrogen and oxygen atoms in total. The summed E-state index contributed by atoms with van der Waals surface area (Å²) in [6.45, 7) is 4.96. The van der Waals surface area contributed by atoms with Gasteiger partial charge in [-0.25, -0.2) is 14.5 Å². The lowest BCUT2D eigenvalue weighted by atomic mass is 10.4. The third-order valence-corrected chi connectivity index (χ3v) is 4.19. The number of hydrogen-bond donors (Lipinski definition) is 0. The van der Waals surface area contributed by atoms with Crippen molar-refractivity contribution in [3.63, 3.8) is 0 Å². The van der Waals surface area contributed by atoms with E-state index in [0.717, 1.165) is 10.7 Å². The molecular formula is C14H16N4O2S. The predicted octanol–water partition coefficient (Wildman–Crippen LogP) is 2.10. The van der Waals surface area contributed by atoms with Crippen LogP contribution in [-0.2, 0) is 11.3 Å². The SMILES string of the molecule is CCOC(C)c1nc(Cn2nc3ccccn3c2=O)cs1. The summed E-state index contributed by atoms with van der Waals surface area (Å²) in [5.41, 5.74) is 1.31. The smallest absolute Gasteiger partial charge is 0.350 e. The molecule has 0 aliphatic carbocycles. The molecule has 1 atom stereocenters. The summed E-state index contributed by atoms with van der Waals surface area (Å²) < 4.78 is 8.48. The molecule has 0 spiro atoms. The highest BCUT2D eigenvalue weighted by atomic mass is 32.1. The van der Waals surface area contributed by atoms with Gasteiger partial charge in [-0.1, -0.05) is 6.07 Å². The van der Waals surface area contributed by atoms with Crippen LogP contribution < -0.4 is 5.69 Å². The Kier molecular flexibility index (Phi) is 3.85. The van der Waals surface area contributed by atoms with E-state index >= 15 is 0 Å². The molecular weight excluding hydrogens is 288 g/mol. The van der Waals surface area contributed by atoms with Gasteiger partial charge in [-0.15, -0.1) is 16.4 Å². The van der Waals surface area contributed by atoms with Crippen LogP contribution in [0.15, 0.2) is 34.6 Å². The Balaban J connectivity index is 1.85.